The highest BCUT2D eigenvalue weighted by molar-refractivity contribution is 6.03. The van der Waals surface area contributed by atoms with Gasteiger partial charge in [-0.3, -0.25) is 9.69 Å². The van der Waals surface area contributed by atoms with E-state index in [0.29, 0.717) is 25.9 Å². The van der Waals surface area contributed by atoms with Crippen molar-refractivity contribution in [3.8, 4) is 0 Å². The summed E-state index contributed by atoms with van der Waals surface area (Å²) in [6, 6.07) is 1.87. The Morgan fingerprint density at radius 3 is 2.19 bits per heavy atom. The zero-order chi connectivity index (χ0) is 15.6. The Kier molecular flexibility index (Phi) is 4.71. The van der Waals surface area contributed by atoms with Gasteiger partial charge in [0.15, 0.2) is 23.2 Å². The van der Waals surface area contributed by atoms with Gasteiger partial charge in [-0.25, -0.2) is 13.2 Å². The third-order valence-electron chi connectivity index (χ3n) is 4.50. The molecule has 1 aliphatic rings. The maximum atomic E-state index is 14.0. The molecule has 0 aromatic heterocycles. The van der Waals surface area contributed by atoms with Crippen molar-refractivity contribution in [1.82, 2.24) is 4.90 Å². The Balaban J connectivity index is 2.47. The zero-order valence-corrected chi connectivity index (χ0v) is 12.4. The van der Waals surface area contributed by atoms with E-state index in [9.17, 15) is 18.0 Å². The van der Waals surface area contributed by atoms with E-state index >= 15 is 0 Å². The molecule has 1 aromatic rings. The van der Waals surface area contributed by atoms with E-state index in [2.05, 4.69) is 0 Å². The highest BCUT2D eigenvalue weighted by atomic mass is 19.2. The van der Waals surface area contributed by atoms with Gasteiger partial charge in [0, 0.05) is 0 Å². The van der Waals surface area contributed by atoms with Crippen LogP contribution in [0.3, 0.4) is 0 Å². The standard InChI is InChI=1S/C16H20F3NO/c1-3-20(4-2)16(9-5-6-10-16)15(21)11-7-8-12(17)14(19)13(11)18/h7-8H,3-6,9-10H2,1-2H3. The van der Waals surface area contributed by atoms with Crippen molar-refractivity contribution in [2.45, 2.75) is 45.1 Å². The largest absolute Gasteiger partial charge is 0.292 e. The van der Waals surface area contributed by atoms with E-state index in [1.807, 2.05) is 18.7 Å². The summed E-state index contributed by atoms with van der Waals surface area (Å²) < 4.78 is 40.4. The molecule has 2 rings (SSSR count). The molecule has 0 aliphatic heterocycles. The number of carbonyl (C=O) groups is 1. The first-order chi connectivity index (χ1) is 9.97. The van der Waals surface area contributed by atoms with Gasteiger partial charge in [0.05, 0.1) is 11.1 Å². The lowest BCUT2D eigenvalue weighted by molar-refractivity contribution is 0.0578. The van der Waals surface area contributed by atoms with E-state index in [-0.39, 0.29) is 5.56 Å². The van der Waals surface area contributed by atoms with Gasteiger partial charge in [-0.2, -0.15) is 0 Å². The number of Topliss-reactive ketones (excluding diaryl/α,β-unsaturated/α-hetero) is 1. The number of hydrogen-bond donors (Lipinski definition) is 0. The van der Waals surface area contributed by atoms with Crippen LogP contribution in [0.5, 0.6) is 0 Å². The van der Waals surface area contributed by atoms with Crippen molar-refractivity contribution in [3.05, 3.63) is 35.1 Å². The number of rotatable bonds is 5. The van der Waals surface area contributed by atoms with Crippen LogP contribution >= 0.6 is 0 Å². The van der Waals surface area contributed by atoms with Gasteiger partial charge in [0.2, 0.25) is 0 Å². The average molecular weight is 299 g/mol. The summed E-state index contributed by atoms with van der Waals surface area (Å²) in [4.78, 5) is 14.8. The number of hydrogen-bond acceptors (Lipinski definition) is 2. The summed E-state index contributed by atoms with van der Waals surface area (Å²) >= 11 is 0. The van der Waals surface area contributed by atoms with Crippen LogP contribution < -0.4 is 0 Å². The Labute approximate surface area is 122 Å². The van der Waals surface area contributed by atoms with E-state index in [4.69, 9.17) is 0 Å². The first-order valence-corrected chi connectivity index (χ1v) is 7.41. The summed E-state index contributed by atoms with van der Waals surface area (Å²) in [5, 5.41) is 0. The molecule has 0 radical (unpaired) electrons. The zero-order valence-electron chi connectivity index (χ0n) is 12.4. The monoisotopic (exact) mass is 299 g/mol. The van der Waals surface area contributed by atoms with Crippen molar-refractivity contribution >= 4 is 5.78 Å². The van der Waals surface area contributed by atoms with Crippen LogP contribution in [-0.2, 0) is 0 Å². The first-order valence-electron chi connectivity index (χ1n) is 7.41. The number of benzene rings is 1. The molecule has 0 saturated heterocycles. The van der Waals surface area contributed by atoms with E-state index in [1.165, 1.54) is 0 Å². The molecule has 116 valence electrons. The predicted molar refractivity (Wildman–Crippen MR) is 74.8 cm³/mol. The fourth-order valence-corrected chi connectivity index (χ4v) is 3.43. The summed E-state index contributed by atoms with van der Waals surface area (Å²) in [7, 11) is 0. The smallest absolute Gasteiger partial charge is 0.195 e. The number of ketones is 1. The molecule has 21 heavy (non-hydrogen) atoms. The predicted octanol–water partition coefficient (Wildman–Crippen LogP) is 3.94. The number of likely N-dealkylation sites (N-methyl/N-ethyl adjacent to an activating group) is 1. The van der Waals surface area contributed by atoms with Crippen LogP contribution in [0.2, 0.25) is 0 Å². The molecule has 1 aromatic carbocycles. The van der Waals surface area contributed by atoms with Crippen molar-refractivity contribution in [1.29, 1.82) is 0 Å². The van der Waals surface area contributed by atoms with Crippen LogP contribution in [0.15, 0.2) is 12.1 Å². The minimum absolute atomic E-state index is 0.345. The van der Waals surface area contributed by atoms with Gasteiger partial charge in [0.25, 0.3) is 0 Å². The topological polar surface area (TPSA) is 20.3 Å². The summed E-state index contributed by atoms with van der Waals surface area (Å²) in [6.07, 6.45) is 3.03. The van der Waals surface area contributed by atoms with Crippen LogP contribution in [-0.4, -0.2) is 29.3 Å². The third-order valence-corrected chi connectivity index (χ3v) is 4.50. The lowest BCUT2D eigenvalue weighted by Gasteiger charge is -2.39. The molecule has 0 heterocycles. The second kappa shape index (κ2) is 6.18. The molecule has 5 heteroatoms. The van der Waals surface area contributed by atoms with Gasteiger partial charge >= 0.3 is 0 Å². The SMILES string of the molecule is CCN(CC)C1(C(=O)c2ccc(F)c(F)c2F)CCCC1. The maximum absolute atomic E-state index is 14.0. The average Bonchev–Trinajstić information content (AvgIpc) is 2.96. The van der Waals surface area contributed by atoms with E-state index in [1.54, 1.807) is 0 Å². The maximum Gasteiger partial charge on any atom is 0.195 e. The second-order valence-corrected chi connectivity index (χ2v) is 5.46. The highest BCUT2D eigenvalue weighted by Gasteiger charge is 2.46. The molecular weight excluding hydrogens is 279 g/mol. The van der Waals surface area contributed by atoms with Crippen molar-refractivity contribution in [3.63, 3.8) is 0 Å². The molecule has 0 atom stereocenters. The molecule has 1 aliphatic carbocycles. The van der Waals surface area contributed by atoms with Crippen LogP contribution in [0.1, 0.15) is 49.9 Å². The van der Waals surface area contributed by atoms with Crippen LogP contribution in [0.25, 0.3) is 0 Å². The van der Waals surface area contributed by atoms with Gasteiger partial charge in [-0.15, -0.1) is 0 Å². The van der Waals surface area contributed by atoms with Gasteiger partial charge < -0.3 is 0 Å². The van der Waals surface area contributed by atoms with Gasteiger partial charge in [0.1, 0.15) is 0 Å². The van der Waals surface area contributed by atoms with Crippen LogP contribution in [0.4, 0.5) is 13.2 Å². The van der Waals surface area contributed by atoms with Gasteiger partial charge in [-0.1, -0.05) is 26.7 Å². The number of nitrogens with zero attached hydrogens (tertiary/aromatic N) is 1. The normalized spacial score (nSPS) is 17.4. The van der Waals surface area contributed by atoms with Crippen molar-refractivity contribution in [2.75, 3.05) is 13.1 Å². The molecule has 1 saturated carbocycles. The summed E-state index contributed by atoms with van der Waals surface area (Å²) in [5.74, 6) is -4.65. The second-order valence-electron chi connectivity index (χ2n) is 5.46. The van der Waals surface area contributed by atoms with Crippen molar-refractivity contribution < 1.29 is 18.0 Å². The molecule has 1 fully saturated rings. The Morgan fingerprint density at radius 1 is 1.10 bits per heavy atom. The first kappa shape index (κ1) is 16.0. The Hall–Kier alpha value is -1.36. The van der Waals surface area contributed by atoms with Gasteiger partial charge in [-0.05, 0) is 38.1 Å². The highest BCUT2D eigenvalue weighted by Crippen LogP contribution is 2.38. The van der Waals surface area contributed by atoms with E-state index in [0.717, 1.165) is 25.0 Å². The molecule has 2 nitrogen and oxygen atoms in total. The van der Waals surface area contributed by atoms with Crippen LogP contribution in [0, 0.1) is 17.5 Å². The van der Waals surface area contributed by atoms with Crippen molar-refractivity contribution in [2.24, 2.45) is 0 Å². The quantitative estimate of drug-likeness (QED) is 0.606. The minimum Gasteiger partial charge on any atom is -0.292 e. The molecule has 0 amide bonds. The minimum atomic E-state index is -1.58. The molecular formula is C16H20F3NO. The Bertz CT molecular complexity index is 535. The van der Waals surface area contributed by atoms with E-state index < -0.39 is 28.8 Å². The number of halogens is 3. The molecule has 0 spiro atoms. The fraction of sp³-hybridized carbons (Fsp3) is 0.562. The molecule has 0 bridgehead atoms. The summed E-state index contributed by atoms with van der Waals surface area (Å²) in [6.45, 7) is 5.21. The molecule has 0 unspecified atom stereocenters. The molecule has 0 N–H and O–H groups in total. The summed E-state index contributed by atoms with van der Waals surface area (Å²) in [5.41, 5.74) is -1.13. The third kappa shape index (κ3) is 2.59. The Morgan fingerprint density at radius 2 is 1.67 bits per heavy atom. The lowest BCUT2D eigenvalue weighted by Crippen LogP contribution is -2.53. The fourth-order valence-electron chi connectivity index (χ4n) is 3.43. The lowest BCUT2D eigenvalue weighted by atomic mass is 9.85. The number of carbonyl (C=O) groups excluding carboxylic acids is 1.